The molecule has 26 heavy (non-hydrogen) atoms. The molecular formula is C18H17N3O4S. The van der Waals surface area contributed by atoms with E-state index >= 15 is 0 Å². The molecule has 0 aliphatic carbocycles. The molecule has 0 amide bonds. The van der Waals surface area contributed by atoms with Crippen LogP contribution in [0.3, 0.4) is 0 Å². The number of fused-ring (bicyclic) bond motifs is 1. The zero-order valence-electron chi connectivity index (χ0n) is 14.1. The molecule has 0 saturated heterocycles. The van der Waals surface area contributed by atoms with E-state index in [-0.39, 0.29) is 16.3 Å². The first-order valence-electron chi connectivity index (χ1n) is 8.01. The maximum atomic E-state index is 10.9. The minimum Gasteiger partial charge on any atom is -0.301 e. The molecule has 3 aromatic rings. The first-order chi connectivity index (χ1) is 12.4. The predicted octanol–water partition coefficient (Wildman–Crippen LogP) is 4.39. The number of thiophene rings is 1. The minimum atomic E-state index is -0.401. The number of likely N-dealkylation sites (N-methyl/N-ethyl adjacent to an activating group) is 1. The molecule has 3 rings (SSSR count). The lowest BCUT2D eigenvalue weighted by molar-refractivity contribution is -0.385. The van der Waals surface area contributed by atoms with Gasteiger partial charge in [-0.25, -0.2) is 0 Å². The summed E-state index contributed by atoms with van der Waals surface area (Å²) < 4.78 is 1.04. The first kappa shape index (κ1) is 18.0. The number of nitro groups is 2. The van der Waals surface area contributed by atoms with E-state index in [4.69, 9.17) is 0 Å². The van der Waals surface area contributed by atoms with Crippen molar-refractivity contribution in [3.05, 3.63) is 79.2 Å². The minimum absolute atomic E-state index is 0.0986. The average Bonchev–Trinajstić information content (AvgIpc) is 3.01. The number of nitrogens with zero attached hydrogens (tertiary/aromatic N) is 3. The number of hydrogen-bond acceptors (Lipinski definition) is 6. The van der Waals surface area contributed by atoms with Crippen LogP contribution in [0.2, 0.25) is 0 Å². The van der Waals surface area contributed by atoms with Gasteiger partial charge in [-0.05, 0) is 36.6 Å². The Morgan fingerprint density at radius 2 is 1.62 bits per heavy atom. The van der Waals surface area contributed by atoms with Gasteiger partial charge < -0.3 is 4.90 Å². The Bertz CT molecular complexity index is 953. The Balaban J connectivity index is 1.60. The van der Waals surface area contributed by atoms with Gasteiger partial charge in [0.15, 0.2) is 0 Å². The molecule has 0 atom stereocenters. The van der Waals surface area contributed by atoms with E-state index in [1.807, 2.05) is 13.1 Å². The molecule has 0 bridgehead atoms. The van der Waals surface area contributed by atoms with Gasteiger partial charge in [0.25, 0.3) is 11.4 Å². The molecule has 0 aliphatic heterocycles. The van der Waals surface area contributed by atoms with Crippen molar-refractivity contribution in [2.75, 3.05) is 13.6 Å². The van der Waals surface area contributed by atoms with Gasteiger partial charge in [-0.15, -0.1) is 11.3 Å². The van der Waals surface area contributed by atoms with E-state index in [1.165, 1.54) is 18.2 Å². The van der Waals surface area contributed by atoms with Crippen LogP contribution in [0.5, 0.6) is 0 Å². The topological polar surface area (TPSA) is 89.5 Å². The second-order valence-corrected chi connectivity index (χ2v) is 7.27. The van der Waals surface area contributed by atoms with E-state index < -0.39 is 4.92 Å². The maximum Gasteiger partial charge on any atom is 0.270 e. The molecule has 1 heterocycles. The van der Waals surface area contributed by atoms with Gasteiger partial charge in [0, 0.05) is 46.9 Å². The molecular weight excluding hydrogens is 354 g/mol. The third kappa shape index (κ3) is 4.22. The van der Waals surface area contributed by atoms with Crippen LogP contribution < -0.4 is 0 Å². The van der Waals surface area contributed by atoms with Gasteiger partial charge in [-0.3, -0.25) is 20.2 Å². The van der Waals surface area contributed by atoms with E-state index in [0.29, 0.717) is 0 Å². The molecule has 7 nitrogen and oxygen atoms in total. The molecule has 0 radical (unpaired) electrons. The Labute approximate surface area is 153 Å². The van der Waals surface area contributed by atoms with Crippen LogP contribution in [0.1, 0.15) is 10.4 Å². The highest BCUT2D eigenvalue weighted by Gasteiger charge is 2.10. The summed E-state index contributed by atoms with van der Waals surface area (Å²) in [5.41, 5.74) is 1.25. The monoisotopic (exact) mass is 371 g/mol. The summed E-state index contributed by atoms with van der Waals surface area (Å²) in [5, 5.41) is 22.4. The zero-order chi connectivity index (χ0) is 18.7. The highest BCUT2D eigenvalue weighted by atomic mass is 32.1. The first-order valence-corrected chi connectivity index (χ1v) is 8.83. The lowest BCUT2D eigenvalue weighted by Crippen LogP contribution is -2.20. The fourth-order valence-electron chi connectivity index (χ4n) is 2.73. The van der Waals surface area contributed by atoms with Crippen molar-refractivity contribution in [3.8, 4) is 0 Å². The highest BCUT2D eigenvalue weighted by Crippen LogP contribution is 2.29. The molecule has 0 unspecified atom stereocenters. The van der Waals surface area contributed by atoms with Crippen molar-refractivity contribution < 1.29 is 9.85 Å². The van der Waals surface area contributed by atoms with Crippen molar-refractivity contribution in [1.82, 2.24) is 4.90 Å². The van der Waals surface area contributed by atoms with Crippen LogP contribution in [-0.2, 0) is 13.0 Å². The number of hydrogen-bond donors (Lipinski definition) is 0. The second-order valence-electron chi connectivity index (χ2n) is 6.10. The Morgan fingerprint density at radius 1 is 0.962 bits per heavy atom. The molecule has 0 fully saturated rings. The van der Waals surface area contributed by atoms with Crippen LogP contribution in [0.25, 0.3) is 10.1 Å². The van der Waals surface area contributed by atoms with Crippen molar-refractivity contribution in [2.24, 2.45) is 0 Å². The van der Waals surface area contributed by atoms with Crippen molar-refractivity contribution in [1.29, 1.82) is 0 Å². The summed E-state index contributed by atoms with van der Waals surface area (Å²) in [6.07, 6.45) is 0.796. The van der Waals surface area contributed by atoms with E-state index in [9.17, 15) is 20.2 Å². The molecule has 0 N–H and O–H groups in total. The summed E-state index contributed by atoms with van der Waals surface area (Å²) in [6, 6.07) is 13.5. The third-order valence-corrected chi connectivity index (χ3v) is 5.22. The fourth-order valence-corrected chi connectivity index (χ4v) is 3.85. The molecule has 0 spiro atoms. The van der Waals surface area contributed by atoms with E-state index in [2.05, 4.69) is 4.90 Å². The van der Waals surface area contributed by atoms with E-state index in [0.717, 1.165) is 40.0 Å². The standard InChI is InChI=1S/C18H17N3O4S/c1-19(9-8-13-2-4-15(5-3-13)20(22)23)12-17-11-14-10-16(21(24)25)6-7-18(14)26-17/h2-7,10-11H,8-9,12H2,1H3. The summed E-state index contributed by atoms with van der Waals surface area (Å²) in [4.78, 5) is 24.1. The van der Waals surface area contributed by atoms with Gasteiger partial charge in [0.2, 0.25) is 0 Å². The quantitative estimate of drug-likeness (QED) is 0.454. The largest absolute Gasteiger partial charge is 0.301 e. The van der Waals surface area contributed by atoms with Crippen LogP contribution in [0.15, 0.2) is 48.5 Å². The van der Waals surface area contributed by atoms with Crippen molar-refractivity contribution in [3.63, 3.8) is 0 Å². The predicted molar refractivity (Wildman–Crippen MR) is 102 cm³/mol. The Hall–Kier alpha value is -2.84. The maximum absolute atomic E-state index is 10.9. The summed E-state index contributed by atoms with van der Waals surface area (Å²) in [5.74, 6) is 0. The number of benzene rings is 2. The number of rotatable bonds is 7. The van der Waals surface area contributed by atoms with Crippen molar-refractivity contribution >= 4 is 32.8 Å². The van der Waals surface area contributed by atoms with Crippen LogP contribution in [0.4, 0.5) is 11.4 Å². The fraction of sp³-hybridized carbons (Fsp3) is 0.222. The zero-order valence-corrected chi connectivity index (χ0v) is 14.9. The van der Waals surface area contributed by atoms with E-state index in [1.54, 1.807) is 35.6 Å². The van der Waals surface area contributed by atoms with Gasteiger partial charge in [0.05, 0.1) is 9.85 Å². The van der Waals surface area contributed by atoms with Gasteiger partial charge in [-0.1, -0.05) is 12.1 Å². The highest BCUT2D eigenvalue weighted by molar-refractivity contribution is 7.19. The summed E-state index contributed by atoms with van der Waals surface area (Å²) in [7, 11) is 2.01. The molecule has 0 aliphatic rings. The molecule has 8 heteroatoms. The molecule has 0 saturated carbocycles. The van der Waals surface area contributed by atoms with Crippen LogP contribution >= 0.6 is 11.3 Å². The Kier molecular flexibility index (Phi) is 5.24. The molecule has 2 aromatic carbocycles. The molecule has 134 valence electrons. The SMILES string of the molecule is CN(CCc1ccc([N+](=O)[O-])cc1)Cc1cc2cc([N+](=O)[O-])ccc2s1. The number of nitro benzene ring substituents is 2. The summed E-state index contributed by atoms with van der Waals surface area (Å²) >= 11 is 1.63. The van der Waals surface area contributed by atoms with Crippen LogP contribution in [-0.4, -0.2) is 28.3 Å². The van der Waals surface area contributed by atoms with Gasteiger partial charge >= 0.3 is 0 Å². The molecule has 1 aromatic heterocycles. The van der Waals surface area contributed by atoms with Crippen LogP contribution in [0, 0.1) is 20.2 Å². The second kappa shape index (κ2) is 7.59. The number of non-ortho nitro benzene ring substituents is 2. The third-order valence-electron chi connectivity index (χ3n) is 4.12. The average molecular weight is 371 g/mol. The van der Waals surface area contributed by atoms with Gasteiger partial charge in [0.1, 0.15) is 0 Å². The summed E-state index contributed by atoms with van der Waals surface area (Å²) in [6.45, 7) is 1.56. The lowest BCUT2D eigenvalue weighted by atomic mass is 10.1. The Morgan fingerprint density at radius 3 is 2.27 bits per heavy atom. The van der Waals surface area contributed by atoms with Gasteiger partial charge in [-0.2, -0.15) is 0 Å². The smallest absolute Gasteiger partial charge is 0.270 e. The van der Waals surface area contributed by atoms with Crippen molar-refractivity contribution in [2.45, 2.75) is 13.0 Å². The lowest BCUT2D eigenvalue weighted by Gasteiger charge is -2.15. The normalized spacial score (nSPS) is 11.2.